The molecular formula is C18H26N6O2S. The molecule has 1 aliphatic heterocycles. The van der Waals surface area contributed by atoms with Crippen molar-refractivity contribution in [3.8, 4) is 11.1 Å². The summed E-state index contributed by atoms with van der Waals surface area (Å²) in [5.41, 5.74) is 9.52. The van der Waals surface area contributed by atoms with E-state index in [1.807, 2.05) is 6.92 Å². The Labute approximate surface area is 160 Å². The zero-order valence-corrected chi connectivity index (χ0v) is 16.8. The second-order valence-corrected chi connectivity index (χ2v) is 8.61. The van der Waals surface area contributed by atoms with Crippen LogP contribution in [-0.4, -0.2) is 42.7 Å². The maximum absolute atomic E-state index is 11.7. The fourth-order valence-electron chi connectivity index (χ4n) is 3.37. The summed E-state index contributed by atoms with van der Waals surface area (Å²) in [4.78, 5) is 15.6. The first kappa shape index (κ1) is 19.3. The zero-order valence-electron chi connectivity index (χ0n) is 16.0. The Kier molecular flexibility index (Phi) is 5.50. The van der Waals surface area contributed by atoms with Gasteiger partial charge >= 0.3 is 0 Å². The van der Waals surface area contributed by atoms with Crippen molar-refractivity contribution >= 4 is 27.5 Å². The van der Waals surface area contributed by atoms with E-state index >= 15 is 0 Å². The van der Waals surface area contributed by atoms with Crippen molar-refractivity contribution in [1.29, 1.82) is 0 Å². The average molecular weight is 391 g/mol. The molecule has 0 aliphatic carbocycles. The van der Waals surface area contributed by atoms with E-state index < -0.39 is 10.0 Å². The molecule has 27 heavy (non-hydrogen) atoms. The van der Waals surface area contributed by atoms with Gasteiger partial charge in [0.15, 0.2) is 0 Å². The third-order valence-electron chi connectivity index (χ3n) is 4.64. The summed E-state index contributed by atoms with van der Waals surface area (Å²) in [5.74, 6) is 1.06. The Morgan fingerprint density at radius 3 is 2.56 bits per heavy atom. The first-order chi connectivity index (χ1) is 12.8. The lowest BCUT2D eigenvalue weighted by Gasteiger charge is -2.30. The van der Waals surface area contributed by atoms with Gasteiger partial charge < -0.3 is 10.6 Å². The van der Waals surface area contributed by atoms with Gasteiger partial charge in [0.1, 0.15) is 5.82 Å². The standard InChI is InChI=1S/C18H26N6O2S/c1-4-14-16(13-10-15(12(2)20-11-13)23-27(3,25)26)17(22-18(19)21-14)24-8-6-5-7-9-24/h10-11,23H,4-9H2,1-3H3,(H2,19,21,22). The highest BCUT2D eigenvalue weighted by molar-refractivity contribution is 7.92. The van der Waals surface area contributed by atoms with Crippen molar-refractivity contribution in [1.82, 2.24) is 15.0 Å². The van der Waals surface area contributed by atoms with E-state index in [0.29, 0.717) is 17.8 Å². The van der Waals surface area contributed by atoms with Crippen LogP contribution in [0.2, 0.25) is 0 Å². The molecule has 0 aromatic carbocycles. The topological polar surface area (TPSA) is 114 Å². The number of nitrogens with one attached hydrogen (secondary N) is 1. The molecule has 3 heterocycles. The third-order valence-corrected chi connectivity index (χ3v) is 5.23. The number of nitrogens with two attached hydrogens (primary N) is 1. The molecule has 0 atom stereocenters. The number of aryl methyl sites for hydroxylation is 2. The monoisotopic (exact) mass is 390 g/mol. The van der Waals surface area contributed by atoms with Gasteiger partial charge in [-0.25, -0.2) is 13.4 Å². The summed E-state index contributed by atoms with van der Waals surface area (Å²) in [6.07, 6.45) is 6.98. The molecule has 146 valence electrons. The molecule has 3 rings (SSSR count). The zero-order chi connectivity index (χ0) is 19.6. The molecule has 0 amide bonds. The van der Waals surface area contributed by atoms with Gasteiger partial charge in [-0.1, -0.05) is 6.92 Å². The fourth-order valence-corrected chi connectivity index (χ4v) is 3.98. The minimum Gasteiger partial charge on any atom is -0.368 e. The van der Waals surface area contributed by atoms with Crippen molar-refractivity contribution < 1.29 is 8.42 Å². The fraction of sp³-hybridized carbons (Fsp3) is 0.500. The number of piperidine rings is 1. The van der Waals surface area contributed by atoms with E-state index in [1.54, 1.807) is 19.2 Å². The number of hydrogen-bond donors (Lipinski definition) is 2. The molecule has 0 unspecified atom stereocenters. The smallest absolute Gasteiger partial charge is 0.229 e. The van der Waals surface area contributed by atoms with Gasteiger partial charge in [0, 0.05) is 30.4 Å². The second-order valence-electron chi connectivity index (χ2n) is 6.86. The maximum Gasteiger partial charge on any atom is 0.229 e. The van der Waals surface area contributed by atoms with Gasteiger partial charge in [0.25, 0.3) is 0 Å². The van der Waals surface area contributed by atoms with E-state index in [1.165, 1.54) is 6.42 Å². The molecule has 1 aliphatic rings. The Morgan fingerprint density at radius 2 is 1.93 bits per heavy atom. The molecule has 8 nitrogen and oxygen atoms in total. The Morgan fingerprint density at radius 1 is 1.22 bits per heavy atom. The number of aromatic nitrogens is 3. The number of sulfonamides is 1. The quantitative estimate of drug-likeness (QED) is 0.805. The van der Waals surface area contributed by atoms with E-state index in [4.69, 9.17) is 5.73 Å². The summed E-state index contributed by atoms with van der Waals surface area (Å²) >= 11 is 0. The SMILES string of the molecule is CCc1nc(N)nc(N2CCCCC2)c1-c1cnc(C)c(NS(C)(=O)=O)c1. The van der Waals surface area contributed by atoms with E-state index in [-0.39, 0.29) is 5.95 Å². The van der Waals surface area contributed by atoms with E-state index in [2.05, 4.69) is 24.6 Å². The van der Waals surface area contributed by atoms with Crippen molar-refractivity contribution in [2.45, 2.75) is 39.5 Å². The summed E-state index contributed by atoms with van der Waals surface area (Å²) in [5, 5.41) is 0. The first-order valence-electron chi connectivity index (χ1n) is 9.14. The molecule has 0 bridgehead atoms. The highest BCUT2D eigenvalue weighted by Gasteiger charge is 2.22. The van der Waals surface area contributed by atoms with Crippen LogP contribution in [0.5, 0.6) is 0 Å². The molecule has 0 radical (unpaired) electrons. The molecule has 3 N–H and O–H groups in total. The van der Waals surface area contributed by atoms with E-state index in [0.717, 1.165) is 54.8 Å². The number of pyridine rings is 1. The molecule has 2 aromatic heterocycles. The van der Waals surface area contributed by atoms with Crippen LogP contribution in [0.25, 0.3) is 11.1 Å². The molecule has 2 aromatic rings. The van der Waals surface area contributed by atoms with Crippen LogP contribution < -0.4 is 15.4 Å². The van der Waals surface area contributed by atoms with Crippen molar-refractivity contribution in [2.75, 3.05) is 34.7 Å². The Balaban J connectivity index is 2.16. The average Bonchev–Trinajstić information content (AvgIpc) is 2.62. The van der Waals surface area contributed by atoms with Crippen molar-refractivity contribution in [3.05, 3.63) is 23.7 Å². The minimum atomic E-state index is -3.40. The number of anilines is 3. The lowest BCUT2D eigenvalue weighted by atomic mass is 10.0. The molecule has 0 spiro atoms. The van der Waals surface area contributed by atoms with Crippen LogP contribution in [0.4, 0.5) is 17.5 Å². The molecule has 1 fully saturated rings. The van der Waals surface area contributed by atoms with Crippen LogP contribution in [0.3, 0.4) is 0 Å². The summed E-state index contributed by atoms with van der Waals surface area (Å²) in [6, 6.07) is 1.80. The molecule has 0 saturated carbocycles. The number of nitrogen functional groups attached to an aromatic ring is 1. The summed E-state index contributed by atoms with van der Waals surface area (Å²) < 4.78 is 25.9. The van der Waals surface area contributed by atoms with E-state index in [9.17, 15) is 8.42 Å². The predicted octanol–water partition coefficient (Wildman–Crippen LogP) is 2.35. The van der Waals surface area contributed by atoms with Crippen LogP contribution >= 0.6 is 0 Å². The van der Waals surface area contributed by atoms with Gasteiger partial charge in [0.05, 0.1) is 23.3 Å². The Bertz CT molecular complexity index is 939. The maximum atomic E-state index is 11.7. The largest absolute Gasteiger partial charge is 0.368 e. The normalized spacial score (nSPS) is 15.0. The predicted molar refractivity (Wildman–Crippen MR) is 108 cm³/mol. The van der Waals surface area contributed by atoms with Gasteiger partial charge in [-0.3, -0.25) is 9.71 Å². The molecule has 1 saturated heterocycles. The molecule has 9 heteroatoms. The number of hydrogen-bond acceptors (Lipinski definition) is 7. The number of nitrogens with zero attached hydrogens (tertiary/aromatic N) is 4. The van der Waals surface area contributed by atoms with Crippen molar-refractivity contribution in [3.63, 3.8) is 0 Å². The van der Waals surface area contributed by atoms with Crippen LogP contribution in [0.1, 0.15) is 37.6 Å². The third kappa shape index (κ3) is 4.47. The summed E-state index contributed by atoms with van der Waals surface area (Å²) in [7, 11) is -3.40. The summed E-state index contributed by atoms with van der Waals surface area (Å²) in [6.45, 7) is 5.62. The highest BCUT2D eigenvalue weighted by atomic mass is 32.2. The minimum absolute atomic E-state index is 0.255. The van der Waals surface area contributed by atoms with Crippen LogP contribution in [0.15, 0.2) is 12.3 Å². The lowest BCUT2D eigenvalue weighted by Crippen LogP contribution is -2.31. The lowest BCUT2D eigenvalue weighted by molar-refractivity contribution is 0.573. The molecular weight excluding hydrogens is 364 g/mol. The Hall–Kier alpha value is -2.42. The van der Waals surface area contributed by atoms with Crippen LogP contribution in [0, 0.1) is 6.92 Å². The van der Waals surface area contributed by atoms with Gasteiger partial charge in [-0.2, -0.15) is 4.98 Å². The number of rotatable bonds is 5. The van der Waals surface area contributed by atoms with Gasteiger partial charge in [-0.15, -0.1) is 0 Å². The van der Waals surface area contributed by atoms with Gasteiger partial charge in [-0.05, 0) is 38.7 Å². The van der Waals surface area contributed by atoms with Crippen molar-refractivity contribution in [2.24, 2.45) is 0 Å². The van der Waals surface area contributed by atoms with Crippen LogP contribution in [-0.2, 0) is 16.4 Å². The first-order valence-corrected chi connectivity index (χ1v) is 11.0. The second kappa shape index (κ2) is 7.67. The van der Waals surface area contributed by atoms with Gasteiger partial charge in [0.2, 0.25) is 16.0 Å². The highest BCUT2D eigenvalue weighted by Crippen LogP contribution is 2.35.